The lowest BCUT2D eigenvalue weighted by Gasteiger charge is -2.40. The highest BCUT2D eigenvalue weighted by Gasteiger charge is 2.45. The minimum absolute atomic E-state index is 0.211. The second-order valence-electron chi connectivity index (χ2n) is 5.32. The number of ether oxygens (including phenoxy) is 1. The van der Waals surface area contributed by atoms with Crippen molar-refractivity contribution < 1.29 is 14.3 Å². The van der Waals surface area contributed by atoms with Crippen molar-refractivity contribution in [2.45, 2.75) is 12.3 Å². The van der Waals surface area contributed by atoms with Crippen molar-refractivity contribution in [2.75, 3.05) is 17.8 Å². The average Bonchev–Trinajstić information content (AvgIpc) is 2.62. The molecule has 0 radical (unpaired) electrons. The van der Waals surface area contributed by atoms with Gasteiger partial charge < -0.3 is 9.64 Å². The number of rotatable bonds is 4. The van der Waals surface area contributed by atoms with Gasteiger partial charge in [0.15, 0.2) is 5.78 Å². The number of nitrogens with zero attached hydrogens (tertiary/aromatic N) is 2. The Morgan fingerprint density at radius 2 is 2.04 bits per heavy atom. The summed E-state index contributed by atoms with van der Waals surface area (Å²) >= 11 is 1.45. The van der Waals surface area contributed by atoms with Crippen LogP contribution in [0, 0.1) is 5.92 Å². The number of pyridine rings is 1. The molecule has 1 aromatic carbocycles. The summed E-state index contributed by atoms with van der Waals surface area (Å²) in [4.78, 5) is 31.5. The topological polar surface area (TPSA) is 59.5 Å². The minimum Gasteiger partial charge on any atom is -0.465 e. The Labute approximate surface area is 145 Å². The van der Waals surface area contributed by atoms with E-state index in [0.29, 0.717) is 11.3 Å². The van der Waals surface area contributed by atoms with Crippen LogP contribution in [0.3, 0.4) is 0 Å². The Balaban J connectivity index is 2.16. The Kier molecular flexibility index (Phi) is 4.85. The number of aromatic nitrogens is 1. The molecule has 0 fully saturated rings. The molecule has 24 heavy (non-hydrogen) atoms. The maximum absolute atomic E-state index is 12.9. The third-order valence-corrected chi connectivity index (χ3v) is 4.93. The van der Waals surface area contributed by atoms with Crippen LogP contribution < -0.4 is 4.90 Å². The van der Waals surface area contributed by atoms with Crippen LogP contribution >= 0.6 is 11.8 Å². The number of thioether (sulfide) groups is 1. The van der Waals surface area contributed by atoms with E-state index in [-0.39, 0.29) is 17.8 Å². The first-order chi connectivity index (χ1) is 11.7. The number of fused-ring (bicyclic) bond motifs is 1. The number of hydrogen-bond acceptors (Lipinski definition) is 6. The van der Waals surface area contributed by atoms with Gasteiger partial charge in [-0.05, 0) is 31.4 Å². The first kappa shape index (κ1) is 16.5. The largest absolute Gasteiger partial charge is 0.465 e. The van der Waals surface area contributed by atoms with Gasteiger partial charge in [-0.3, -0.25) is 14.6 Å². The summed E-state index contributed by atoms with van der Waals surface area (Å²) in [6, 6.07) is 11.4. The molecular weight excluding hydrogens is 324 g/mol. The molecule has 6 heteroatoms. The number of para-hydroxylation sites is 1. The molecule has 1 aliphatic heterocycles. The van der Waals surface area contributed by atoms with Crippen molar-refractivity contribution in [2.24, 2.45) is 5.92 Å². The van der Waals surface area contributed by atoms with Crippen molar-refractivity contribution in [1.82, 2.24) is 4.98 Å². The van der Waals surface area contributed by atoms with Gasteiger partial charge in [0, 0.05) is 17.4 Å². The van der Waals surface area contributed by atoms with Crippen LogP contribution in [0.1, 0.15) is 17.3 Å². The van der Waals surface area contributed by atoms with E-state index in [1.807, 2.05) is 41.5 Å². The second-order valence-corrected chi connectivity index (χ2v) is 6.27. The lowest BCUT2D eigenvalue weighted by molar-refractivity contribution is -0.146. The number of hydrogen-bond donors (Lipinski definition) is 0. The summed E-state index contributed by atoms with van der Waals surface area (Å²) in [6.45, 7) is 1.99. The molecular formula is C18H18N2O3S. The van der Waals surface area contributed by atoms with Gasteiger partial charge in [0.05, 0.1) is 18.5 Å². The van der Waals surface area contributed by atoms with Crippen LogP contribution in [-0.2, 0) is 9.53 Å². The number of ketones is 1. The Hall–Kier alpha value is -2.34. The molecule has 1 aromatic heterocycles. The Morgan fingerprint density at radius 1 is 1.29 bits per heavy atom. The van der Waals surface area contributed by atoms with Crippen LogP contribution in [-0.4, -0.2) is 35.0 Å². The van der Waals surface area contributed by atoms with Crippen LogP contribution in [0.25, 0.3) is 0 Å². The number of Topliss-reactive ketones (excluding diaryl/α,β-unsaturated/α-hetero) is 1. The fourth-order valence-electron chi connectivity index (χ4n) is 2.94. The lowest BCUT2D eigenvalue weighted by Crippen LogP contribution is -2.48. The van der Waals surface area contributed by atoms with E-state index in [4.69, 9.17) is 4.74 Å². The van der Waals surface area contributed by atoms with Gasteiger partial charge in [0.25, 0.3) is 0 Å². The van der Waals surface area contributed by atoms with Crippen LogP contribution in [0.2, 0.25) is 0 Å². The van der Waals surface area contributed by atoms with E-state index in [1.165, 1.54) is 11.8 Å². The maximum atomic E-state index is 12.9. The smallest absolute Gasteiger partial charge is 0.319 e. The zero-order valence-corrected chi connectivity index (χ0v) is 14.3. The SMILES string of the molecule is CCOC(=O)C1C(=O)c2ccncc2N(c2ccccc2)C1SC. The molecule has 3 rings (SSSR count). The van der Waals surface area contributed by atoms with Gasteiger partial charge in [-0.1, -0.05) is 18.2 Å². The van der Waals surface area contributed by atoms with E-state index in [0.717, 1.165) is 5.69 Å². The van der Waals surface area contributed by atoms with E-state index in [1.54, 1.807) is 25.4 Å². The van der Waals surface area contributed by atoms with E-state index >= 15 is 0 Å². The normalized spacial score (nSPS) is 19.8. The second kappa shape index (κ2) is 7.05. The molecule has 0 saturated carbocycles. The molecule has 2 aromatic rings. The van der Waals surface area contributed by atoms with Gasteiger partial charge in [-0.15, -0.1) is 11.8 Å². The quantitative estimate of drug-likeness (QED) is 0.628. The monoisotopic (exact) mass is 342 g/mol. The summed E-state index contributed by atoms with van der Waals surface area (Å²) in [6.07, 6.45) is 5.13. The number of carbonyl (C=O) groups excluding carboxylic acids is 2. The molecule has 124 valence electrons. The molecule has 0 bridgehead atoms. The fraction of sp³-hybridized carbons (Fsp3) is 0.278. The summed E-state index contributed by atoms with van der Waals surface area (Å²) < 4.78 is 5.17. The Bertz CT molecular complexity index is 751. The zero-order chi connectivity index (χ0) is 17.1. The van der Waals surface area contributed by atoms with E-state index in [2.05, 4.69) is 4.98 Å². The van der Waals surface area contributed by atoms with Gasteiger partial charge in [-0.2, -0.15) is 0 Å². The molecule has 5 nitrogen and oxygen atoms in total. The number of benzene rings is 1. The zero-order valence-electron chi connectivity index (χ0n) is 13.5. The third kappa shape index (κ3) is 2.78. The van der Waals surface area contributed by atoms with Crippen LogP contribution in [0.4, 0.5) is 11.4 Å². The highest BCUT2D eigenvalue weighted by atomic mass is 32.2. The van der Waals surface area contributed by atoms with Crippen molar-refractivity contribution in [3.8, 4) is 0 Å². The molecule has 2 unspecified atom stereocenters. The number of esters is 1. The maximum Gasteiger partial charge on any atom is 0.319 e. The van der Waals surface area contributed by atoms with Gasteiger partial charge >= 0.3 is 5.97 Å². The predicted molar refractivity (Wildman–Crippen MR) is 94.6 cm³/mol. The van der Waals surface area contributed by atoms with E-state index < -0.39 is 11.9 Å². The summed E-state index contributed by atoms with van der Waals surface area (Å²) in [5.74, 6) is -1.56. The summed E-state index contributed by atoms with van der Waals surface area (Å²) in [5.41, 5.74) is 2.12. The molecule has 0 aliphatic carbocycles. The van der Waals surface area contributed by atoms with Gasteiger partial charge in [-0.25, -0.2) is 0 Å². The molecule has 0 N–H and O–H groups in total. The first-order valence-electron chi connectivity index (χ1n) is 7.71. The Morgan fingerprint density at radius 3 is 2.71 bits per heavy atom. The average molecular weight is 342 g/mol. The molecule has 1 aliphatic rings. The number of anilines is 2. The summed E-state index contributed by atoms with van der Waals surface area (Å²) in [5, 5.41) is -0.379. The molecule has 0 saturated heterocycles. The first-order valence-corrected chi connectivity index (χ1v) is 8.99. The van der Waals surface area contributed by atoms with Crippen LogP contribution in [0.5, 0.6) is 0 Å². The minimum atomic E-state index is -0.866. The third-order valence-electron chi connectivity index (χ3n) is 3.96. The van der Waals surface area contributed by atoms with E-state index in [9.17, 15) is 9.59 Å². The number of carbonyl (C=O) groups is 2. The van der Waals surface area contributed by atoms with Crippen molar-refractivity contribution in [1.29, 1.82) is 0 Å². The summed E-state index contributed by atoms with van der Waals surface area (Å²) in [7, 11) is 0. The van der Waals surface area contributed by atoms with Gasteiger partial charge in [0.2, 0.25) is 0 Å². The predicted octanol–water partition coefficient (Wildman–Crippen LogP) is 3.28. The fourth-order valence-corrected chi connectivity index (χ4v) is 3.89. The molecule has 0 amide bonds. The van der Waals surface area contributed by atoms with Crippen molar-refractivity contribution in [3.05, 3.63) is 54.4 Å². The van der Waals surface area contributed by atoms with Gasteiger partial charge in [0.1, 0.15) is 11.3 Å². The standard InChI is InChI=1S/C18H18N2O3S/c1-3-23-18(22)15-16(21)13-9-10-19-11-14(13)20(17(15)24-2)12-7-5-4-6-8-12/h4-11,15,17H,3H2,1-2H3. The lowest BCUT2D eigenvalue weighted by atomic mass is 9.91. The highest BCUT2D eigenvalue weighted by molar-refractivity contribution is 7.99. The molecule has 2 atom stereocenters. The van der Waals surface area contributed by atoms with Crippen molar-refractivity contribution >= 4 is 34.9 Å². The van der Waals surface area contributed by atoms with Crippen molar-refractivity contribution in [3.63, 3.8) is 0 Å². The van der Waals surface area contributed by atoms with Crippen LogP contribution in [0.15, 0.2) is 48.8 Å². The highest BCUT2D eigenvalue weighted by Crippen LogP contribution is 2.42. The molecule has 0 spiro atoms. The molecule has 2 heterocycles.